The van der Waals surface area contributed by atoms with Crippen molar-refractivity contribution in [2.75, 3.05) is 14.2 Å². The lowest BCUT2D eigenvalue weighted by atomic mass is 9.78. The molecule has 1 aliphatic heterocycles. The molecule has 4 rings (SSSR count). The monoisotopic (exact) mass is 342 g/mol. The summed E-state index contributed by atoms with van der Waals surface area (Å²) in [5.41, 5.74) is 5.48. The van der Waals surface area contributed by atoms with Crippen LogP contribution in [-0.2, 0) is 15.9 Å². The van der Waals surface area contributed by atoms with E-state index in [4.69, 9.17) is 9.31 Å². The fraction of sp³-hybridized carbons (Fsp3) is 0.143. The third kappa shape index (κ3) is 3.04. The van der Waals surface area contributed by atoms with Crippen molar-refractivity contribution in [3.05, 3.63) is 71.9 Å². The Labute approximate surface area is 153 Å². The van der Waals surface area contributed by atoms with E-state index in [9.17, 15) is 0 Å². The number of allylic oxidation sites excluding steroid dienone is 1. The summed E-state index contributed by atoms with van der Waals surface area (Å²) >= 11 is 0. The van der Waals surface area contributed by atoms with Crippen LogP contribution >= 0.6 is 0 Å². The van der Waals surface area contributed by atoms with E-state index < -0.39 is 0 Å². The predicted octanol–water partition coefficient (Wildman–Crippen LogP) is 2.77. The summed E-state index contributed by atoms with van der Waals surface area (Å²) in [4.78, 5) is 4.33. The number of aliphatic imine (C=N–C) groups is 1. The molecule has 0 aliphatic carbocycles. The zero-order valence-electron chi connectivity index (χ0n) is 14.8. The first-order chi connectivity index (χ1) is 12.8. The number of rotatable bonds is 5. The maximum absolute atomic E-state index is 5.37. The first kappa shape index (κ1) is 16.6. The van der Waals surface area contributed by atoms with Gasteiger partial charge in [-0.1, -0.05) is 29.3 Å². The van der Waals surface area contributed by atoms with Crippen LogP contribution in [-0.4, -0.2) is 27.6 Å². The molecular weight excluding hydrogens is 323 g/mol. The van der Waals surface area contributed by atoms with Gasteiger partial charge in [-0.05, 0) is 11.5 Å². The van der Waals surface area contributed by atoms with E-state index >= 15 is 0 Å². The molecule has 1 aliphatic rings. The maximum atomic E-state index is 5.37. The molecule has 5 heteroatoms. The molecule has 1 aromatic heterocycles. The Bertz CT molecular complexity index is 1010. The molecule has 0 saturated carbocycles. The zero-order chi connectivity index (χ0) is 17.9. The van der Waals surface area contributed by atoms with Gasteiger partial charge >= 0.3 is 7.12 Å². The smallest absolute Gasteiger partial charge is 0.410 e. The van der Waals surface area contributed by atoms with Crippen molar-refractivity contribution in [1.29, 1.82) is 0 Å². The average Bonchev–Trinajstić information content (AvgIpc) is 2.69. The van der Waals surface area contributed by atoms with E-state index in [2.05, 4.69) is 58.4 Å². The largest absolute Gasteiger partial charge is 0.493 e. The summed E-state index contributed by atoms with van der Waals surface area (Å²) in [5, 5.41) is 1.19. The van der Waals surface area contributed by atoms with Crippen molar-refractivity contribution in [3.8, 4) is 0 Å². The van der Waals surface area contributed by atoms with Crippen molar-refractivity contribution < 1.29 is 13.9 Å². The fourth-order valence-corrected chi connectivity index (χ4v) is 3.40. The molecule has 0 bridgehead atoms. The summed E-state index contributed by atoms with van der Waals surface area (Å²) in [5.74, 6) is 0. The van der Waals surface area contributed by atoms with Gasteiger partial charge in [-0.25, -0.2) is 0 Å². The minimum absolute atomic E-state index is 0.348. The Morgan fingerprint density at radius 1 is 1.08 bits per heavy atom. The van der Waals surface area contributed by atoms with Gasteiger partial charge in [0.25, 0.3) is 0 Å². The maximum Gasteiger partial charge on any atom is 0.493 e. The summed E-state index contributed by atoms with van der Waals surface area (Å²) in [7, 11) is 2.95. The molecule has 0 saturated heterocycles. The number of hydrogen-bond acceptors (Lipinski definition) is 3. The van der Waals surface area contributed by atoms with E-state index in [1.165, 1.54) is 16.5 Å². The first-order valence-corrected chi connectivity index (χ1v) is 8.52. The molecule has 0 unspecified atom stereocenters. The van der Waals surface area contributed by atoms with Gasteiger partial charge in [0.1, 0.15) is 11.6 Å². The third-order valence-electron chi connectivity index (χ3n) is 4.59. The van der Waals surface area contributed by atoms with Crippen LogP contribution in [0.3, 0.4) is 0 Å². The molecule has 0 radical (unpaired) electrons. The molecule has 126 valence electrons. The Morgan fingerprint density at radius 2 is 1.96 bits per heavy atom. The van der Waals surface area contributed by atoms with Crippen LogP contribution in [0.15, 0.2) is 65.8 Å². The standard InChI is InChI=1S/C21H19BN2O2/c1-25-22(26-2)17-7-3-6-16(14-17)15-24-13-5-9-19-18-8-4-12-23-20(18)10-11-21(19)24/h3-11,13-14H,15H2,1-2H3/q+2. The van der Waals surface area contributed by atoms with Crippen molar-refractivity contribution in [1.82, 2.24) is 0 Å². The lowest BCUT2D eigenvalue weighted by molar-refractivity contribution is -0.662. The highest BCUT2D eigenvalue weighted by Gasteiger charge is 2.21. The Hall–Kier alpha value is -2.85. The molecule has 2 aromatic carbocycles. The van der Waals surface area contributed by atoms with E-state index in [0.29, 0.717) is 0 Å². The van der Waals surface area contributed by atoms with Gasteiger partial charge in [-0.2, -0.15) is 4.57 Å². The zero-order valence-corrected chi connectivity index (χ0v) is 14.8. The number of nitrogens with zero attached hydrogens (tertiary/aromatic N) is 2. The van der Waals surface area contributed by atoms with Crippen LogP contribution in [0.2, 0.25) is 0 Å². The number of fused-ring (bicyclic) bond motifs is 3. The van der Waals surface area contributed by atoms with Crippen LogP contribution in [0.25, 0.3) is 17.0 Å². The summed E-state index contributed by atoms with van der Waals surface area (Å²) in [6.45, 7) is 0.767. The fourth-order valence-electron chi connectivity index (χ4n) is 3.40. The van der Waals surface area contributed by atoms with Gasteiger partial charge in [0.05, 0.1) is 11.5 Å². The quantitative estimate of drug-likeness (QED) is 0.406. The van der Waals surface area contributed by atoms with E-state index in [1.54, 1.807) is 14.2 Å². The highest BCUT2D eigenvalue weighted by atomic mass is 16.6. The molecule has 0 atom stereocenters. The van der Waals surface area contributed by atoms with Gasteiger partial charge < -0.3 is 9.31 Å². The van der Waals surface area contributed by atoms with Crippen LogP contribution in [0.1, 0.15) is 11.1 Å². The van der Waals surface area contributed by atoms with Gasteiger partial charge in [0.2, 0.25) is 5.52 Å². The summed E-state index contributed by atoms with van der Waals surface area (Å²) < 4.78 is 13.0. The lowest BCUT2D eigenvalue weighted by Crippen LogP contribution is -2.37. The van der Waals surface area contributed by atoms with Crippen LogP contribution < -0.4 is 10.0 Å². The van der Waals surface area contributed by atoms with E-state index in [1.807, 2.05) is 24.3 Å². The normalized spacial score (nSPS) is 12.1. The van der Waals surface area contributed by atoms with Gasteiger partial charge in [-0.3, -0.25) is 0 Å². The van der Waals surface area contributed by atoms with Crippen molar-refractivity contribution in [3.63, 3.8) is 0 Å². The number of hydrogen-bond donors (Lipinski definition) is 0. The molecule has 26 heavy (non-hydrogen) atoms. The molecule has 0 fully saturated rings. The van der Waals surface area contributed by atoms with Gasteiger partial charge in [0, 0.05) is 38.0 Å². The molecule has 2 heterocycles. The van der Waals surface area contributed by atoms with Crippen LogP contribution in [0.5, 0.6) is 0 Å². The number of pyridine rings is 1. The van der Waals surface area contributed by atoms with Crippen molar-refractivity contribution >= 4 is 41.5 Å². The lowest BCUT2D eigenvalue weighted by Gasteiger charge is -2.10. The number of aromatic nitrogens is 1. The molecule has 4 nitrogen and oxygen atoms in total. The van der Waals surface area contributed by atoms with E-state index in [-0.39, 0.29) is 7.12 Å². The van der Waals surface area contributed by atoms with E-state index in [0.717, 1.165) is 23.3 Å². The second-order valence-electron chi connectivity index (χ2n) is 6.19. The van der Waals surface area contributed by atoms with Crippen molar-refractivity contribution in [2.45, 2.75) is 6.54 Å². The molecule has 0 amide bonds. The minimum Gasteiger partial charge on any atom is -0.410 e. The molecule has 0 N–H and O–H groups in total. The number of benzene rings is 2. The Kier molecular flexibility index (Phi) is 4.59. The first-order valence-electron chi connectivity index (χ1n) is 8.52. The van der Waals surface area contributed by atoms with Gasteiger partial charge in [-0.15, -0.1) is 0 Å². The second kappa shape index (κ2) is 7.18. The molecule has 0 spiro atoms. The topological polar surface area (TPSA) is 34.7 Å². The van der Waals surface area contributed by atoms with Gasteiger partial charge in [0.15, 0.2) is 24.6 Å². The predicted molar refractivity (Wildman–Crippen MR) is 105 cm³/mol. The van der Waals surface area contributed by atoms with Crippen molar-refractivity contribution in [2.24, 2.45) is 4.99 Å². The summed E-state index contributed by atoms with van der Waals surface area (Å²) in [6, 6.07) is 16.7. The Morgan fingerprint density at radius 3 is 2.81 bits per heavy atom. The minimum atomic E-state index is -0.348. The van der Waals surface area contributed by atoms with Crippen LogP contribution in [0.4, 0.5) is 5.69 Å². The highest BCUT2D eigenvalue weighted by molar-refractivity contribution is 6.61. The van der Waals surface area contributed by atoms with Crippen LogP contribution in [0, 0.1) is 0 Å². The third-order valence-corrected chi connectivity index (χ3v) is 4.59. The summed E-state index contributed by atoms with van der Waals surface area (Å²) in [6.07, 6.45) is 8.93. The Balaban J connectivity index is 1.73. The average molecular weight is 342 g/mol. The molecule has 3 aromatic rings. The molecular formula is C21H19BN2O2+2. The SMILES string of the molecule is COB(OC)c1cccc(C[n+]2cccc3c4c(ccc32)N=[C+]C=C4)c1. The second-order valence-corrected chi connectivity index (χ2v) is 6.19. The highest BCUT2D eigenvalue weighted by Crippen LogP contribution is 2.29.